The first-order valence-corrected chi connectivity index (χ1v) is 6.48. The second-order valence-corrected chi connectivity index (χ2v) is 5.69. The Morgan fingerprint density at radius 2 is 1.93 bits per heavy atom. The molecule has 0 saturated heterocycles. The van der Waals surface area contributed by atoms with Crippen molar-refractivity contribution in [3.63, 3.8) is 0 Å². The Labute approximate surface area is 82.4 Å². The van der Waals surface area contributed by atoms with Crippen LogP contribution in [0.15, 0.2) is 12.7 Å². The first-order chi connectivity index (χ1) is 6.19. The molecule has 14 heavy (non-hydrogen) atoms. The van der Waals surface area contributed by atoms with Gasteiger partial charge in [-0.05, 0) is 0 Å². The molecule has 0 fully saturated rings. The third-order valence-electron chi connectivity index (χ3n) is 1.25. The molecule has 0 bridgehead atoms. The van der Waals surface area contributed by atoms with Crippen LogP contribution in [0.2, 0.25) is 0 Å². The lowest BCUT2D eigenvalue weighted by Crippen LogP contribution is -2.32. The van der Waals surface area contributed by atoms with E-state index in [1.807, 2.05) is 0 Å². The molecule has 0 aliphatic carbocycles. The molecule has 9 heteroatoms. The standard InChI is InChI=1S/C5H11NO6S2/c1-2-5(6)13(7,8)4-3-12-14(9,10)11/h2,5H,1,3-4,6H2,(H,9,10,11). The number of sulfone groups is 1. The molecule has 0 aliphatic heterocycles. The van der Waals surface area contributed by atoms with E-state index in [0.717, 1.165) is 6.08 Å². The van der Waals surface area contributed by atoms with Crippen LogP contribution in [0.25, 0.3) is 0 Å². The van der Waals surface area contributed by atoms with Gasteiger partial charge in [0.1, 0.15) is 5.37 Å². The number of hydrogen-bond acceptors (Lipinski definition) is 6. The van der Waals surface area contributed by atoms with Gasteiger partial charge in [0.15, 0.2) is 9.84 Å². The fourth-order valence-electron chi connectivity index (χ4n) is 0.538. The van der Waals surface area contributed by atoms with Gasteiger partial charge in [0.2, 0.25) is 0 Å². The summed E-state index contributed by atoms with van der Waals surface area (Å²) >= 11 is 0. The zero-order valence-corrected chi connectivity index (χ0v) is 8.79. The lowest BCUT2D eigenvalue weighted by atomic mass is 10.7. The third-order valence-corrected chi connectivity index (χ3v) is 3.47. The molecule has 0 heterocycles. The van der Waals surface area contributed by atoms with Crippen molar-refractivity contribution in [2.75, 3.05) is 12.4 Å². The average molecular weight is 245 g/mol. The topological polar surface area (TPSA) is 124 Å². The van der Waals surface area contributed by atoms with Crippen molar-refractivity contribution in [1.82, 2.24) is 0 Å². The Balaban J connectivity index is 4.22. The highest BCUT2D eigenvalue weighted by Gasteiger charge is 2.19. The van der Waals surface area contributed by atoms with Crippen molar-refractivity contribution in [1.29, 1.82) is 0 Å². The number of hydrogen-bond donors (Lipinski definition) is 2. The predicted octanol–water partition coefficient (Wildman–Crippen LogP) is -1.31. The van der Waals surface area contributed by atoms with Gasteiger partial charge in [-0.3, -0.25) is 4.55 Å². The normalized spacial score (nSPS) is 15.0. The summed E-state index contributed by atoms with van der Waals surface area (Å²) in [6.45, 7) is 2.49. The molecular weight excluding hydrogens is 234 g/mol. The number of rotatable bonds is 6. The molecule has 0 aliphatic rings. The van der Waals surface area contributed by atoms with Crippen molar-refractivity contribution < 1.29 is 25.6 Å². The van der Waals surface area contributed by atoms with Gasteiger partial charge in [-0.15, -0.1) is 6.58 Å². The van der Waals surface area contributed by atoms with Crippen LogP contribution < -0.4 is 5.73 Å². The van der Waals surface area contributed by atoms with Crippen LogP contribution in [-0.2, 0) is 24.4 Å². The molecule has 0 spiro atoms. The molecule has 0 aromatic carbocycles. The Morgan fingerprint density at radius 1 is 1.43 bits per heavy atom. The van der Waals surface area contributed by atoms with Crippen molar-refractivity contribution in [3.05, 3.63) is 12.7 Å². The van der Waals surface area contributed by atoms with Gasteiger partial charge in [-0.1, -0.05) is 6.08 Å². The van der Waals surface area contributed by atoms with E-state index in [2.05, 4.69) is 10.8 Å². The highest BCUT2D eigenvalue weighted by molar-refractivity contribution is 7.92. The van der Waals surface area contributed by atoms with E-state index >= 15 is 0 Å². The molecule has 84 valence electrons. The van der Waals surface area contributed by atoms with Crippen molar-refractivity contribution in [3.8, 4) is 0 Å². The molecule has 0 saturated carbocycles. The first-order valence-electron chi connectivity index (χ1n) is 3.40. The minimum absolute atomic E-state index is 0.611. The van der Waals surface area contributed by atoms with Gasteiger partial charge < -0.3 is 5.73 Å². The summed E-state index contributed by atoms with van der Waals surface area (Å²) in [5.41, 5.74) is 5.13. The lowest BCUT2D eigenvalue weighted by molar-refractivity contribution is 0.284. The van der Waals surface area contributed by atoms with Gasteiger partial charge in [-0.25, -0.2) is 12.6 Å². The Hall–Kier alpha value is -0.480. The highest BCUT2D eigenvalue weighted by Crippen LogP contribution is 1.98. The van der Waals surface area contributed by atoms with Crippen LogP contribution in [0.4, 0.5) is 0 Å². The molecule has 1 atom stereocenters. The monoisotopic (exact) mass is 245 g/mol. The predicted molar refractivity (Wildman–Crippen MR) is 49.5 cm³/mol. The Kier molecular flexibility index (Phi) is 4.68. The molecule has 0 aromatic heterocycles. The maximum atomic E-state index is 11.1. The van der Waals surface area contributed by atoms with E-state index in [9.17, 15) is 16.8 Å². The largest absolute Gasteiger partial charge is 0.397 e. The second-order valence-electron chi connectivity index (χ2n) is 2.32. The maximum Gasteiger partial charge on any atom is 0.397 e. The summed E-state index contributed by atoms with van der Waals surface area (Å²) in [6, 6.07) is 0. The zero-order chi connectivity index (χ0) is 11.4. The summed E-state index contributed by atoms with van der Waals surface area (Å²) in [4.78, 5) is 0. The quantitative estimate of drug-likeness (QED) is 0.440. The molecule has 1 unspecified atom stereocenters. The first kappa shape index (κ1) is 13.5. The van der Waals surface area contributed by atoms with E-state index in [4.69, 9.17) is 10.3 Å². The summed E-state index contributed by atoms with van der Waals surface area (Å²) in [7, 11) is -8.28. The van der Waals surface area contributed by atoms with E-state index in [-0.39, 0.29) is 0 Å². The number of nitrogens with two attached hydrogens (primary N) is 1. The fraction of sp³-hybridized carbons (Fsp3) is 0.600. The van der Waals surface area contributed by atoms with Gasteiger partial charge >= 0.3 is 10.4 Å². The Bertz CT molecular complexity index is 382. The van der Waals surface area contributed by atoms with Crippen LogP contribution in [-0.4, -0.2) is 39.1 Å². The smallest absolute Gasteiger partial charge is 0.312 e. The van der Waals surface area contributed by atoms with Crippen LogP contribution in [0.5, 0.6) is 0 Å². The highest BCUT2D eigenvalue weighted by atomic mass is 32.3. The van der Waals surface area contributed by atoms with Crippen LogP contribution in [0.3, 0.4) is 0 Å². The maximum absolute atomic E-state index is 11.1. The van der Waals surface area contributed by atoms with Crippen LogP contribution in [0.1, 0.15) is 0 Å². The van der Waals surface area contributed by atoms with Gasteiger partial charge in [0.05, 0.1) is 12.4 Å². The second kappa shape index (κ2) is 4.84. The SMILES string of the molecule is C=CC(N)S(=O)(=O)CCOS(=O)(=O)O. The third kappa shape index (κ3) is 5.29. The van der Waals surface area contributed by atoms with Crippen LogP contribution >= 0.6 is 0 Å². The van der Waals surface area contributed by atoms with Crippen molar-refractivity contribution in [2.45, 2.75) is 5.37 Å². The average Bonchev–Trinajstić information content (AvgIpc) is 2.00. The molecular formula is C5H11NO6S2. The minimum atomic E-state index is -4.61. The summed E-state index contributed by atoms with van der Waals surface area (Å²) in [6.07, 6.45) is 1.00. The summed E-state index contributed by atoms with van der Waals surface area (Å²) < 4.78 is 54.2. The minimum Gasteiger partial charge on any atom is -0.312 e. The van der Waals surface area contributed by atoms with Crippen molar-refractivity contribution >= 4 is 20.2 Å². The lowest BCUT2D eigenvalue weighted by Gasteiger charge is -2.07. The van der Waals surface area contributed by atoms with E-state index in [1.165, 1.54) is 0 Å². The van der Waals surface area contributed by atoms with Gasteiger partial charge in [-0.2, -0.15) is 8.42 Å². The van der Waals surface area contributed by atoms with E-state index in [1.54, 1.807) is 0 Å². The molecule has 7 nitrogen and oxygen atoms in total. The molecule has 0 rings (SSSR count). The van der Waals surface area contributed by atoms with E-state index < -0.39 is 38.0 Å². The molecule has 0 radical (unpaired) electrons. The molecule has 0 aromatic rings. The van der Waals surface area contributed by atoms with Gasteiger partial charge in [0.25, 0.3) is 0 Å². The van der Waals surface area contributed by atoms with Crippen LogP contribution in [0, 0.1) is 0 Å². The summed E-state index contributed by atoms with van der Waals surface area (Å²) in [5, 5.41) is -1.27. The van der Waals surface area contributed by atoms with E-state index in [0.29, 0.717) is 0 Å². The summed E-state index contributed by atoms with van der Waals surface area (Å²) in [5.74, 6) is -0.611. The van der Waals surface area contributed by atoms with Crippen molar-refractivity contribution in [2.24, 2.45) is 5.73 Å². The van der Waals surface area contributed by atoms with Gasteiger partial charge in [0, 0.05) is 0 Å². The fourth-order valence-corrected chi connectivity index (χ4v) is 1.82. The Morgan fingerprint density at radius 3 is 2.29 bits per heavy atom. The molecule has 3 N–H and O–H groups in total. The molecule has 0 amide bonds. The zero-order valence-electron chi connectivity index (χ0n) is 7.16.